The Balaban J connectivity index is 1.01. The molecule has 4 heteroatoms. The van der Waals surface area contributed by atoms with Crippen LogP contribution in [0.3, 0.4) is 0 Å². The maximum atomic E-state index is 12.6. The van der Waals surface area contributed by atoms with E-state index in [0.29, 0.717) is 6.42 Å². The summed E-state index contributed by atoms with van der Waals surface area (Å²) in [6.07, 6.45) is 7.26. The van der Waals surface area contributed by atoms with Crippen molar-refractivity contribution >= 4 is 11.6 Å². The van der Waals surface area contributed by atoms with Gasteiger partial charge in [0.25, 0.3) is 0 Å². The van der Waals surface area contributed by atoms with Crippen LogP contribution in [0.1, 0.15) is 55.7 Å². The van der Waals surface area contributed by atoms with E-state index in [9.17, 15) is 4.79 Å². The topological polar surface area (TPSA) is 35.6 Å². The van der Waals surface area contributed by atoms with Crippen molar-refractivity contribution in [3.05, 3.63) is 90.0 Å². The van der Waals surface area contributed by atoms with Gasteiger partial charge in [-0.3, -0.25) is 9.69 Å². The lowest BCUT2D eigenvalue weighted by Gasteiger charge is -2.37. The fraction of sp³-hybridized carbons (Fsp3) is 0.406. The molecule has 0 saturated carbocycles. The van der Waals surface area contributed by atoms with E-state index in [1.807, 2.05) is 0 Å². The number of hydrogen-bond donors (Lipinski definition) is 1. The largest absolute Gasteiger partial charge is 0.368 e. The zero-order valence-electron chi connectivity index (χ0n) is 21.4. The summed E-state index contributed by atoms with van der Waals surface area (Å²) in [5.74, 6) is 0.211. The highest BCUT2D eigenvalue weighted by atomic mass is 16.1. The van der Waals surface area contributed by atoms with Gasteiger partial charge < -0.3 is 10.2 Å². The minimum absolute atomic E-state index is 0.200. The quantitative estimate of drug-likeness (QED) is 0.368. The van der Waals surface area contributed by atoms with Gasteiger partial charge in [-0.2, -0.15) is 0 Å². The fourth-order valence-corrected chi connectivity index (χ4v) is 5.79. The molecular weight excluding hydrogens is 442 g/mol. The van der Waals surface area contributed by atoms with E-state index in [2.05, 4.69) is 94.0 Å². The molecule has 1 aliphatic heterocycles. The number of nitrogens with zero attached hydrogens (tertiary/aromatic N) is 2. The molecule has 188 valence electrons. The van der Waals surface area contributed by atoms with Gasteiger partial charge in [0.15, 0.2) is 0 Å². The molecule has 0 bridgehead atoms. The molecule has 3 aromatic rings. The van der Waals surface area contributed by atoms with Gasteiger partial charge in [-0.15, -0.1) is 0 Å². The van der Waals surface area contributed by atoms with Crippen molar-refractivity contribution in [1.82, 2.24) is 10.2 Å². The second kappa shape index (κ2) is 12.2. The second-order valence-corrected chi connectivity index (χ2v) is 10.2. The standard InChI is InChI=1S/C32H39N3O/c36-32(33-30-18-11-15-26-14-6-7-16-28(26)30)20-5-2-10-21-34-22-24-35(25-23-34)31-19-9-8-17-29(31)27-12-3-1-4-13-27/h1,3-4,6-9,12-14,16-17,19,30H,2,5,10-11,15,18,20-25H2,(H,33,36)/t30-/m0/s1. The number of nitrogens with one attached hydrogen (secondary N) is 1. The van der Waals surface area contributed by atoms with E-state index >= 15 is 0 Å². The highest BCUT2D eigenvalue weighted by molar-refractivity contribution is 5.78. The van der Waals surface area contributed by atoms with Gasteiger partial charge >= 0.3 is 0 Å². The first-order valence-electron chi connectivity index (χ1n) is 13.8. The summed E-state index contributed by atoms with van der Waals surface area (Å²) in [6, 6.07) is 28.3. The fourth-order valence-electron chi connectivity index (χ4n) is 5.79. The SMILES string of the molecule is O=C(CCCCCN1CCN(c2ccccc2-c2ccccc2)CC1)N[C@H]1CCCc2ccccc21. The number of piperazine rings is 1. The van der Waals surface area contributed by atoms with Gasteiger partial charge in [0.1, 0.15) is 0 Å². The van der Waals surface area contributed by atoms with E-state index in [0.717, 1.165) is 64.8 Å². The molecule has 0 unspecified atom stereocenters. The highest BCUT2D eigenvalue weighted by Crippen LogP contribution is 2.31. The average molecular weight is 482 g/mol. The normalized spacial score (nSPS) is 18.0. The number of unbranched alkanes of at least 4 members (excludes halogenated alkanes) is 2. The third-order valence-electron chi connectivity index (χ3n) is 7.78. The van der Waals surface area contributed by atoms with Crippen molar-refractivity contribution in [1.29, 1.82) is 0 Å². The summed E-state index contributed by atoms with van der Waals surface area (Å²) < 4.78 is 0. The van der Waals surface area contributed by atoms with Gasteiger partial charge in [0.2, 0.25) is 5.91 Å². The molecule has 36 heavy (non-hydrogen) atoms. The van der Waals surface area contributed by atoms with E-state index < -0.39 is 0 Å². The molecule has 1 atom stereocenters. The summed E-state index contributed by atoms with van der Waals surface area (Å²) in [5, 5.41) is 3.30. The third-order valence-corrected chi connectivity index (χ3v) is 7.78. The molecule has 0 aromatic heterocycles. The molecule has 1 N–H and O–H groups in total. The van der Waals surface area contributed by atoms with Crippen LogP contribution in [0.5, 0.6) is 0 Å². The first-order valence-corrected chi connectivity index (χ1v) is 13.8. The number of para-hydroxylation sites is 1. The Morgan fingerprint density at radius 2 is 1.56 bits per heavy atom. The summed E-state index contributed by atoms with van der Waals surface area (Å²) in [6.45, 7) is 5.46. The molecule has 1 amide bonds. The van der Waals surface area contributed by atoms with Crippen molar-refractivity contribution in [2.75, 3.05) is 37.6 Å². The molecule has 0 radical (unpaired) electrons. The van der Waals surface area contributed by atoms with Crippen LogP contribution >= 0.6 is 0 Å². The summed E-state index contributed by atoms with van der Waals surface area (Å²) in [5.41, 5.74) is 6.67. The first kappa shape index (κ1) is 24.6. The molecular formula is C32H39N3O. The Bertz CT molecular complexity index is 1120. The third kappa shape index (κ3) is 6.17. The van der Waals surface area contributed by atoms with Gasteiger partial charge in [-0.25, -0.2) is 0 Å². The van der Waals surface area contributed by atoms with Crippen LogP contribution in [-0.2, 0) is 11.2 Å². The van der Waals surface area contributed by atoms with E-state index in [4.69, 9.17) is 0 Å². The van der Waals surface area contributed by atoms with Crippen molar-refractivity contribution in [3.8, 4) is 11.1 Å². The maximum Gasteiger partial charge on any atom is 0.220 e. The summed E-state index contributed by atoms with van der Waals surface area (Å²) in [7, 11) is 0. The lowest BCUT2D eigenvalue weighted by atomic mass is 9.87. The average Bonchev–Trinajstić information content (AvgIpc) is 2.94. The van der Waals surface area contributed by atoms with E-state index in [-0.39, 0.29) is 11.9 Å². The van der Waals surface area contributed by atoms with Gasteiger partial charge in [-0.05, 0) is 61.4 Å². The number of anilines is 1. The Hall–Kier alpha value is -3.11. The Kier molecular flexibility index (Phi) is 8.35. The number of rotatable bonds is 9. The number of aryl methyl sites for hydroxylation is 1. The van der Waals surface area contributed by atoms with Crippen molar-refractivity contribution in [3.63, 3.8) is 0 Å². The smallest absolute Gasteiger partial charge is 0.220 e. The molecule has 1 fully saturated rings. The number of carbonyl (C=O) groups excluding carboxylic acids is 1. The summed E-state index contributed by atoms with van der Waals surface area (Å²) in [4.78, 5) is 17.7. The zero-order chi connectivity index (χ0) is 24.6. The highest BCUT2D eigenvalue weighted by Gasteiger charge is 2.21. The second-order valence-electron chi connectivity index (χ2n) is 10.2. The lowest BCUT2D eigenvalue weighted by molar-refractivity contribution is -0.122. The molecule has 5 rings (SSSR count). The monoisotopic (exact) mass is 481 g/mol. The molecule has 1 aliphatic carbocycles. The minimum Gasteiger partial charge on any atom is -0.368 e. The molecule has 1 heterocycles. The van der Waals surface area contributed by atoms with Gasteiger partial charge in [0.05, 0.1) is 6.04 Å². The maximum absolute atomic E-state index is 12.6. The van der Waals surface area contributed by atoms with Crippen molar-refractivity contribution < 1.29 is 4.79 Å². The number of benzene rings is 3. The molecule has 2 aliphatic rings. The van der Waals surface area contributed by atoms with Crippen LogP contribution in [0.2, 0.25) is 0 Å². The number of fused-ring (bicyclic) bond motifs is 1. The van der Waals surface area contributed by atoms with Gasteiger partial charge in [0, 0.05) is 43.9 Å². The predicted molar refractivity (Wildman–Crippen MR) is 149 cm³/mol. The molecule has 0 spiro atoms. The minimum atomic E-state index is 0.200. The Morgan fingerprint density at radius 3 is 2.42 bits per heavy atom. The Morgan fingerprint density at radius 1 is 0.806 bits per heavy atom. The van der Waals surface area contributed by atoms with Crippen LogP contribution in [-0.4, -0.2) is 43.5 Å². The zero-order valence-corrected chi connectivity index (χ0v) is 21.4. The first-order chi connectivity index (χ1) is 17.8. The van der Waals surface area contributed by atoms with Crippen molar-refractivity contribution in [2.45, 2.75) is 51.0 Å². The van der Waals surface area contributed by atoms with Crippen LogP contribution < -0.4 is 10.2 Å². The van der Waals surface area contributed by atoms with Crippen LogP contribution in [0, 0.1) is 0 Å². The number of hydrogen-bond acceptors (Lipinski definition) is 3. The van der Waals surface area contributed by atoms with Crippen LogP contribution in [0.15, 0.2) is 78.9 Å². The van der Waals surface area contributed by atoms with E-state index in [1.165, 1.54) is 34.4 Å². The molecule has 4 nitrogen and oxygen atoms in total. The Labute approximate surface area is 216 Å². The number of amides is 1. The van der Waals surface area contributed by atoms with E-state index in [1.54, 1.807) is 0 Å². The molecule has 1 saturated heterocycles. The van der Waals surface area contributed by atoms with Gasteiger partial charge in [-0.1, -0.05) is 79.2 Å². The van der Waals surface area contributed by atoms with Crippen LogP contribution in [0.25, 0.3) is 11.1 Å². The number of carbonyl (C=O) groups is 1. The predicted octanol–water partition coefficient (Wildman–Crippen LogP) is 6.23. The lowest BCUT2D eigenvalue weighted by Crippen LogP contribution is -2.46. The van der Waals surface area contributed by atoms with Crippen molar-refractivity contribution in [2.24, 2.45) is 0 Å². The molecule has 3 aromatic carbocycles. The van der Waals surface area contributed by atoms with Crippen LogP contribution in [0.4, 0.5) is 5.69 Å². The summed E-state index contributed by atoms with van der Waals surface area (Å²) >= 11 is 0.